The van der Waals surface area contributed by atoms with E-state index in [1.807, 2.05) is 21.9 Å². The van der Waals surface area contributed by atoms with E-state index in [1.165, 1.54) is 13.2 Å². The summed E-state index contributed by atoms with van der Waals surface area (Å²) in [5, 5.41) is 16.3. The summed E-state index contributed by atoms with van der Waals surface area (Å²) in [6.45, 7) is 8.15. The third-order valence-corrected chi connectivity index (χ3v) is 12.7. The lowest BCUT2D eigenvalue weighted by Crippen LogP contribution is -2.52. The largest absolute Gasteiger partial charge is 0.496 e. The first-order valence-corrected chi connectivity index (χ1v) is 21.4. The van der Waals surface area contributed by atoms with E-state index in [2.05, 4.69) is 45.8 Å². The molecule has 6 heterocycles. The average molecular weight is 856 g/mol. The van der Waals surface area contributed by atoms with Crippen LogP contribution >= 0.6 is 0 Å². The fourth-order valence-corrected chi connectivity index (χ4v) is 9.12. The molecule has 5 fully saturated rings. The minimum absolute atomic E-state index is 0.00169. The molecule has 0 radical (unpaired) electrons. The summed E-state index contributed by atoms with van der Waals surface area (Å²) >= 11 is 0. The highest BCUT2D eigenvalue weighted by molar-refractivity contribution is 6.04. The van der Waals surface area contributed by atoms with Crippen molar-refractivity contribution in [3.63, 3.8) is 0 Å². The normalized spacial score (nSPS) is 21.6. The summed E-state index contributed by atoms with van der Waals surface area (Å²) in [5.74, 6) is -1.19. The molecule has 19 nitrogen and oxygen atoms in total. The van der Waals surface area contributed by atoms with Gasteiger partial charge in [0, 0.05) is 103 Å². The zero-order valence-corrected chi connectivity index (χ0v) is 35.1. The van der Waals surface area contributed by atoms with Gasteiger partial charge >= 0.3 is 6.03 Å². The van der Waals surface area contributed by atoms with Gasteiger partial charge in [0.15, 0.2) is 11.5 Å². The maximum Gasteiger partial charge on any atom is 0.320 e. The molecule has 0 bridgehead atoms. The number of hydrogen-bond donors (Lipinski definition) is 4. The SMILES string of the molecule is COc1cc(N2CCC(CN3CCN(c4ccc(Nc5nc(N6CCC[C@@H](N7CCN(C)C7=O)C6)nnc5C(N)=O)cc4F)CC3)CC2)ccc1C(=O)NC1CCC(=O)NC1=O. The standard InChI is InChI=1S/C42H54FN13O6/c1-51-16-21-56(42(51)61)29-4-3-13-55(25-29)41-48-38(36(37(44)58)49-50-41)45-27-5-9-33(31(43)22-27)54-19-17-52(18-20-54)24-26-11-14-53(15-12-26)28-6-7-30(34(23-28)62-2)39(59)46-32-8-10-35(57)47-40(32)60/h5-7,9,22-23,26,29,32H,3-4,8,10-21,24-25H2,1-2H3,(H2,44,58)(H,46,59)(H,45,48,50)(H,47,57,60)/t29-,32?/m1/s1. The number of aromatic nitrogens is 3. The summed E-state index contributed by atoms with van der Waals surface area (Å²) in [7, 11) is 3.31. The van der Waals surface area contributed by atoms with Crippen molar-refractivity contribution in [3.8, 4) is 5.75 Å². The van der Waals surface area contributed by atoms with Gasteiger partial charge in [-0.3, -0.25) is 29.4 Å². The molecule has 5 N–H and O–H groups in total. The zero-order valence-electron chi connectivity index (χ0n) is 35.1. The summed E-state index contributed by atoms with van der Waals surface area (Å²) < 4.78 is 21.3. The fraction of sp³-hybridized carbons (Fsp3) is 0.524. The molecule has 1 unspecified atom stereocenters. The van der Waals surface area contributed by atoms with Gasteiger partial charge in [-0.2, -0.15) is 4.98 Å². The first-order chi connectivity index (χ1) is 29.9. The van der Waals surface area contributed by atoms with Crippen LogP contribution in [0.25, 0.3) is 0 Å². The number of primary amides is 1. The first kappa shape index (κ1) is 42.4. The molecular formula is C42H54FN13O6. The molecule has 0 saturated carbocycles. The van der Waals surface area contributed by atoms with Gasteiger partial charge in [-0.05, 0) is 68.4 Å². The fourth-order valence-electron chi connectivity index (χ4n) is 9.12. The number of halogens is 1. The number of nitrogens with zero attached hydrogens (tertiary/aromatic N) is 9. The van der Waals surface area contributed by atoms with Gasteiger partial charge in [0.25, 0.3) is 11.8 Å². The molecule has 0 spiro atoms. The van der Waals surface area contributed by atoms with Gasteiger partial charge in [-0.15, -0.1) is 10.2 Å². The van der Waals surface area contributed by atoms with Crippen LogP contribution in [0.1, 0.15) is 59.4 Å². The van der Waals surface area contributed by atoms with Gasteiger partial charge in [-0.1, -0.05) is 0 Å². The second kappa shape index (κ2) is 18.3. The van der Waals surface area contributed by atoms with Crippen LogP contribution in [-0.4, -0.2) is 158 Å². The van der Waals surface area contributed by atoms with Gasteiger partial charge < -0.3 is 45.6 Å². The van der Waals surface area contributed by atoms with E-state index >= 15 is 4.39 Å². The quantitative estimate of drug-likeness (QED) is 0.191. The van der Waals surface area contributed by atoms with Gasteiger partial charge in [0.1, 0.15) is 17.6 Å². The van der Waals surface area contributed by atoms with E-state index in [1.54, 1.807) is 30.1 Å². The van der Waals surface area contributed by atoms with Crippen molar-refractivity contribution in [3.05, 3.63) is 53.5 Å². The first-order valence-electron chi connectivity index (χ1n) is 21.4. The minimum atomic E-state index is -0.814. The predicted molar refractivity (Wildman–Crippen MR) is 228 cm³/mol. The predicted octanol–water partition coefficient (Wildman–Crippen LogP) is 1.77. The Morgan fingerprint density at radius 1 is 0.903 bits per heavy atom. The van der Waals surface area contributed by atoms with Crippen molar-refractivity contribution in [1.29, 1.82) is 0 Å². The average Bonchev–Trinajstić information content (AvgIpc) is 3.61. The van der Waals surface area contributed by atoms with Crippen LogP contribution in [0.2, 0.25) is 0 Å². The lowest BCUT2D eigenvalue weighted by atomic mass is 9.95. The molecule has 3 aromatic rings. The van der Waals surface area contributed by atoms with Crippen molar-refractivity contribution < 1.29 is 33.1 Å². The topological polar surface area (TPSA) is 215 Å². The van der Waals surface area contributed by atoms with Gasteiger partial charge in [-0.25, -0.2) is 9.18 Å². The molecule has 330 valence electrons. The second-order valence-corrected chi connectivity index (χ2v) is 16.7. The number of imide groups is 1. The monoisotopic (exact) mass is 855 g/mol. The lowest BCUT2D eigenvalue weighted by Gasteiger charge is -2.40. The van der Waals surface area contributed by atoms with Crippen LogP contribution in [0, 0.1) is 11.7 Å². The summed E-state index contributed by atoms with van der Waals surface area (Å²) in [5.41, 5.74) is 7.64. The number of benzene rings is 2. The van der Waals surface area contributed by atoms with Crippen molar-refractivity contribution in [2.45, 2.75) is 50.6 Å². The third-order valence-electron chi connectivity index (χ3n) is 12.7. The van der Waals surface area contributed by atoms with Crippen LogP contribution in [0.5, 0.6) is 5.75 Å². The van der Waals surface area contributed by atoms with Crippen molar-refractivity contribution in [2.75, 3.05) is 106 Å². The number of carbonyl (C=O) groups excluding carboxylic acids is 5. The van der Waals surface area contributed by atoms with E-state index < -0.39 is 29.6 Å². The Kier molecular flexibility index (Phi) is 12.5. The maximum atomic E-state index is 15.8. The lowest BCUT2D eigenvalue weighted by molar-refractivity contribution is -0.134. The molecule has 6 amide bonds. The minimum Gasteiger partial charge on any atom is -0.496 e. The number of anilines is 5. The summed E-state index contributed by atoms with van der Waals surface area (Å²) in [6.07, 6.45) is 4.13. The number of methoxy groups -OCH3 is 1. The number of piperidine rings is 3. The Hall–Kier alpha value is -6.31. The summed E-state index contributed by atoms with van der Waals surface area (Å²) in [4.78, 5) is 78.6. The van der Waals surface area contributed by atoms with Crippen LogP contribution in [0.4, 0.5) is 38.0 Å². The second-order valence-electron chi connectivity index (χ2n) is 16.7. The van der Waals surface area contributed by atoms with Gasteiger partial charge in [0.2, 0.25) is 17.8 Å². The molecule has 5 aliphatic heterocycles. The molecule has 2 aromatic carbocycles. The maximum absolute atomic E-state index is 15.8. The summed E-state index contributed by atoms with van der Waals surface area (Å²) in [6, 6.07) is 9.56. The molecule has 5 saturated heterocycles. The third kappa shape index (κ3) is 9.29. The Morgan fingerprint density at radius 2 is 1.69 bits per heavy atom. The van der Waals surface area contributed by atoms with E-state index in [9.17, 15) is 24.0 Å². The Balaban J connectivity index is 0.818. The Bertz CT molecular complexity index is 2200. The molecule has 20 heteroatoms. The number of carbonyl (C=O) groups is 5. The van der Waals surface area contributed by atoms with Crippen LogP contribution < -0.4 is 41.1 Å². The molecule has 8 rings (SSSR count). The number of hydrogen-bond acceptors (Lipinski definition) is 14. The molecule has 1 aromatic heterocycles. The molecular weight excluding hydrogens is 802 g/mol. The molecule has 5 aliphatic rings. The molecule has 62 heavy (non-hydrogen) atoms. The number of piperazine rings is 1. The van der Waals surface area contributed by atoms with Crippen molar-refractivity contribution in [2.24, 2.45) is 11.7 Å². The number of urea groups is 1. The molecule has 2 atom stereocenters. The van der Waals surface area contributed by atoms with Crippen LogP contribution in [0.15, 0.2) is 36.4 Å². The smallest absolute Gasteiger partial charge is 0.320 e. The number of nitrogens with two attached hydrogens (primary N) is 1. The Labute approximate surface area is 359 Å². The van der Waals surface area contributed by atoms with E-state index in [4.69, 9.17) is 10.5 Å². The van der Waals surface area contributed by atoms with Crippen molar-refractivity contribution in [1.82, 2.24) is 40.5 Å². The number of rotatable bonds is 12. The highest BCUT2D eigenvalue weighted by Gasteiger charge is 2.36. The van der Waals surface area contributed by atoms with Crippen LogP contribution in [0.3, 0.4) is 0 Å². The number of nitrogens with one attached hydrogen (secondary N) is 3. The molecule has 0 aliphatic carbocycles. The van der Waals surface area contributed by atoms with Crippen molar-refractivity contribution >= 4 is 58.5 Å². The highest BCUT2D eigenvalue weighted by Crippen LogP contribution is 2.32. The highest BCUT2D eigenvalue weighted by atomic mass is 19.1. The van der Waals surface area contributed by atoms with E-state index in [0.29, 0.717) is 73.8 Å². The van der Waals surface area contributed by atoms with E-state index in [-0.39, 0.29) is 42.3 Å². The van der Waals surface area contributed by atoms with Crippen LogP contribution in [-0.2, 0) is 9.59 Å². The Morgan fingerprint density at radius 3 is 2.39 bits per heavy atom. The van der Waals surface area contributed by atoms with Gasteiger partial charge in [0.05, 0.1) is 24.4 Å². The number of amides is 6. The zero-order chi connectivity index (χ0) is 43.5. The number of ether oxygens (including phenoxy) is 1. The van der Waals surface area contributed by atoms with E-state index in [0.717, 1.165) is 64.1 Å². The number of likely N-dealkylation sites (N-methyl/N-ethyl adjacent to an activating group) is 1.